The van der Waals surface area contributed by atoms with E-state index in [0.29, 0.717) is 25.9 Å². The highest BCUT2D eigenvalue weighted by molar-refractivity contribution is 5.93. The quantitative estimate of drug-likeness (QED) is 0.795. The van der Waals surface area contributed by atoms with E-state index in [1.165, 1.54) is 5.69 Å². The highest BCUT2D eigenvalue weighted by Crippen LogP contribution is 2.23. The van der Waals surface area contributed by atoms with E-state index in [9.17, 15) is 9.59 Å². The predicted octanol–water partition coefficient (Wildman–Crippen LogP) is 3.32. The maximum atomic E-state index is 12.7. The molecule has 7 heteroatoms. The largest absolute Gasteiger partial charge is 0.369 e. The molecule has 0 atom stereocenters. The van der Waals surface area contributed by atoms with Crippen LogP contribution in [0.5, 0.6) is 0 Å². The van der Waals surface area contributed by atoms with Crippen LogP contribution in [-0.2, 0) is 4.79 Å². The zero-order valence-electron chi connectivity index (χ0n) is 18.1. The van der Waals surface area contributed by atoms with Crippen LogP contribution in [0.25, 0.3) is 0 Å². The number of carbonyl (C=O) groups is 2. The second kappa shape index (κ2) is 9.83. The molecule has 0 aromatic heterocycles. The first kappa shape index (κ1) is 21.2. The predicted molar refractivity (Wildman–Crippen MR) is 125 cm³/mol. The van der Waals surface area contributed by atoms with Crippen LogP contribution in [0.15, 0.2) is 54.6 Å². The van der Waals surface area contributed by atoms with Gasteiger partial charge in [0.25, 0.3) is 0 Å². The average Bonchev–Trinajstić information content (AvgIpc) is 2.81. The number of nitrogens with zero attached hydrogens (tertiary/aromatic N) is 3. The van der Waals surface area contributed by atoms with Gasteiger partial charge in [-0.1, -0.05) is 18.2 Å². The van der Waals surface area contributed by atoms with E-state index in [-0.39, 0.29) is 17.9 Å². The third-order valence-corrected chi connectivity index (χ3v) is 6.18. The first-order chi connectivity index (χ1) is 15.1. The number of para-hydroxylation sites is 1. The summed E-state index contributed by atoms with van der Waals surface area (Å²) in [6.07, 6.45) is 1.35. The van der Waals surface area contributed by atoms with Crippen LogP contribution < -0.4 is 15.5 Å². The first-order valence-electron chi connectivity index (χ1n) is 11.0. The Morgan fingerprint density at radius 1 is 0.774 bits per heavy atom. The molecule has 0 spiro atoms. The van der Waals surface area contributed by atoms with E-state index in [0.717, 1.165) is 37.6 Å². The van der Waals surface area contributed by atoms with Crippen molar-refractivity contribution in [2.45, 2.75) is 12.8 Å². The molecule has 2 heterocycles. The van der Waals surface area contributed by atoms with E-state index >= 15 is 0 Å². The Hall–Kier alpha value is -3.06. The fourth-order valence-corrected chi connectivity index (χ4v) is 4.13. The zero-order chi connectivity index (χ0) is 21.6. The van der Waals surface area contributed by atoms with Gasteiger partial charge in [0, 0.05) is 62.2 Å². The molecule has 4 rings (SSSR count). The van der Waals surface area contributed by atoms with E-state index < -0.39 is 0 Å². The molecule has 7 nitrogen and oxygen atoms in total. The lowest BCUT2D eigenvalue weighted by Crippen LogP contribution is -2.44. The molecular weight excluding hydrogens is 390 g/mol. The minimum atomic E-state index is -0.107. The van der Waals surface area contributed by atoms with Crippen molar-refractivity contribution in [1.29, 1.82) is 0 Å². The number of hydrogen-bond acceptors (Lipinski definition) is 4. The second-order valence-electron chi connectivity index (χ2n) is 8.38. The minimum absolute atomic E-state index is 0.0375. The van der Waals surface area contributed by atoms with Crippen LogP contribution in [0.3, 0.4) is 0 Å². The van der Waals surface area contributed by atoms with Gasteiger partial charge in [-0.2, -0.15) is 0 Å². The van der Waals surface area contributed by atoms with Gasteiger partial charge < -0.3 is 25.3 Å². The van der Waals surface area contributed by atoms with E-state index in [1.54, 1.807) is 4.90 Å². The highest BCUT2D eigenvalue weighted by atomic mass is 16.2. The number of anilines is 3. The molecule has 2 aromatic carbocycles. The molecule has 0 aliphatic carbocycles. The van der Waals surface area contributed by atoms with Crippen LogP contribution in [0, 0.1) is 5.92 Å². The summed E-state index contributed by atoms with van der Waals surface area (Å²) in [4.78, 5) is 31.6. The standard InChI is InChI=1S/C24H31N5O2/c1-27-15-17-28(18-16-27)22-9-7-21(8-10-22)25-23(30)19-11-13-29(14-12-19)24(31)26-20-5-3-2-4-6-20/h2-10,19H,11-18H2,1H3,(H,25,30)(H,26,31). The number of likely N-dealkylation sites (N-methyl/N-ethyl adjacent to an activating group) is 1. The lowest BCUT2D eigenvalue weighted by atomic mass is 9.96. The Balaban J connectivity index is 1.24. The summed E-state index contributed by atoms with van der Waals surface area (Å²) in [5, 5.41) is 5.96. The molecule has 0 unspecified atom stereocenters. The molecule has 0 saturated carbocycles. The normalized spacial score (nSPS) is 18.0. The average molecular weight is 422 g/mol. The number of rotatable bonds is 4. The first-order valence-corrected chi connectivity index (χ1v) is 11.0. The third kappa shape index (κ3) is 5.55. The molecular formula is C24H31N5O2. The summed E-state index contributed by atoms with van der Waals surface area (Å²) in [5.41, 5.74) is 2.81. The van der Waals surface area contributed by atoms with Crippen molar-refractivity contribution in [3.8, 4) is 0 Å². The van der Waals surface area contributed by atoms with Crippen LogP contribution in [0.4, 0.5) is 21.9 Å². The van der Waals surface area contributed by atoms with Crippen molar-refractivity contribution in [3.63, 3.8) is 0 Å². The number of amides is 3. The number of hydrogen-bond donors (Lipinski definition) is 2. The smallest absolute Gasteiger partial charge is 0.321 e. The molecule has 3 amide bonds. The molecule has 2 aromatic rings. The van der Waals surface area contributed by atoms with Gasteiger partial charge in [0.15, 0.2) is 0 Å². The van der Waals surface area contributed by atoms with E-state index in [4.69, 9.17) is 0 Å². The summed E-state index contributed by atoms with van der Waals surface area (Å²) < 4.78 is 0. The van der Waals surface area contributed by atoms with Crippen LogP contribution in [0.2, 0.25) is 0 Å². The lowest BCUT2D eigenvalue weighted by Gasteiger charge is -2.34. The Morgan fingerprint density at radius 3 is 2.03 bits per heavy atom. The molecule has 2 fully saturated rings. The number of carbonyl (C=O) groups excluding carboxylic acids is 2. The fraction of sp³-hybridized carbons (Fsp3) is 0.417. The molecule has 0 radical (unpaired) electrons. The van der Waals surface area contributed by atoms with Crippen LogP contribution >= 0.6 is 0 Å². The topological polar surface area (TPSA) is 67.9 Å². The maximum Gasteiger partial charge on any atom is 0.321 e. The monoisotopic (exact) mass is 421 g/mol. The Bertz CT molecular complexity index is 871. The molecule has 2 aliphatic heterocycles. The van der Waals surface area contributed by atoms with Gasteiger partial charge in [-0.25, -0.2) is 4.79 Å². The Labute approximate surface area is 184 Å². The second-order valence-corrected chi connectivity index (χ2v) is 8.38. The van der Waals surface area contributed by atoms with Gasteiger partial charge >= 0.3 is 6.03 Å². The van der Waals surface area contributed by atoms with Crippen molar-refractivity contribution in [1.82, 2.24) is 9.80 Å². The molecule has 2 N–H and O–H groups in total. The SMILES string of the molecule is CN1CCN(c2ccc(NC(=O)C3CCN(C(=O)Nc4ccccc4)CC3)cc2)CC1. The summed E-state index contributed by atoms with van der Waals surface area (Å²) >= 11 is 0. The number of piperidine rings is 1. The highest BCUT2D eigenvalue weighted by Gasteiger charge is 2.27. The van der Waals surface area contributed by atoms with Crippen molar-refractivity contribution >= 4 is 29.0 Å². The van der Waals surface area contributed by atoms with Gasteiger partial charge in [0.1, 0.15) is 0 Å². The number of benzene rings is 2. The van der Waals surface area contributed by atoms with E-state index in [1.807, 2.05) is 42.5 Å². The minimum Gasteiger partial charge on any atom is -0.369 e. The summed E-state index contributed by atoms with van der Waals surface area (Å²) in [5.74, 6) is -0.0338. The van der Waals surface area contributed by atoms with Gasteiger partial charge in [0.05, 0.1) is 0 Å². The molecule has 0 bridgehead atoms. The van der Waals surface area contributed by atoms with Crippen LogP contribution in [-0.4, -0.2) is 68.1 Å². The lowest BCUT2D eigenvalue weighted by molar-refractivity contribution is -0.121. The number of piperazine rings is 1. The van der Waals surface area contributed by atoms with Crippen molar-refractivity contribution in [2.75, 3.05) is 61.8 Å². The summed E-state index contributed by atoms with van der Waals surface area (Å²) in [6.45, 7) is 5.36. The molecule has 2 saturated heterocycles. The van der Waals surface area contributed by atoms with Crippen molar-refractivity contribution in [3.05, 3.63) is 54.6 Å². The van der Waals surface area contributed by atoms with Gasteiger partial charge in [-0.15, -0.1) is 0 Å². The van der Waals surface area contributed by atoms with Gasteiger partial charge in [-0.3, -0.25) is 4.79 Å². The summed E-state index contributed by atoms with van der Waals surface area (Å²) in [7, 11) is 2.15. The maximum absolute atomic E-state index is 12.7. The zero-order valence-corrected chi connectivity index (χ0v) is 18.1. The van der Waals surface area contributed by atoms with Crippen molar-refractivity contribution < 1.29 is 9.59 Å². The third-order valence-electron chi connectivity index (χ3n) is 6.18. The molecule has 2 aliphatic rings. The van der Waals surface area contributed by atoms with E-state index in [2.05, 4.69) is 39.6 Å². The number of urea groups is 1. The molecule has 164 valence electrons. The number of nitrogens with one attached hydrogen (secondary N) is 2. The number of likely N-dealkylation sites (tertiary alicyclic amines) is 1. The van der Waals surface area contributed by atoms with Gasteiger partial charge in [-0.05, 0) is 56.3 Å². The van der Waals surface area contributed by atoms with Gasteiger partial charge in [0.2, 0.25) is 5.91 Å². The van der Waals surface area contributed by atoms with Crippen LogP contribution in [0.1, 0.15) is 12.8 Å². The Kier molecular flexibility index (Phi) is 6.72. The molecule has 31 heavy (non-hydrogen) atoms. The fourth-order valence-electron chi connectivity index (χ4n) is 4.13. The van der Waals surface area contributed by atoms with Crippen molar-refractivity contribution in [2.24, 2.45) is 5.92 Å². The Morgan fingerprint density at radius 2 is 1.39 bits per heavy atom. The summed E-state index contributed by atoms with van der Waals surface area (Å²) in [6, 6.07) is 17.5.